The van der Waals surface area contributed by atoms with Crippen LogP contribution in [0.3, 0.4) is 0 Å². The summed E-state index contributed by atoms with van der Waals surface area (Å²) in [6.45, 7) is 1.70. The van der Waals surface area contributed by atoms with Crippen LogP contribution in [0.2, 0.25) is 0 Å². The lowest BCUT2D eigenvalue weighted by atomic mass is 10.2. The third kappa shape index (κ3) is 2.36. The third-order valence-electron chi connectivity index (χ3n) is 2.54. The molecule has 0 aromatic heterocycles. The van der Waals surface area contributed by atoms with Crippen molar-refractivity contribution in [1.82, 2.24) is 10.2 Å². The summed E-state index contributed by atoms with van der Waals surface area (Å²) in [4.78, 5) is 12.9. The monoisotopic (exact) mass is 226 g/mol. The highest BCUT2D eigenvalue weighted by atomic mass is 19.2. The molecule has 1 fully saturated rings. The van der Waals surface area contributed by atoms with Gasteiger partial charge in [0.1, 0.15) is 0 Å². The number of carbonyl (C=O) groups is 1. The third-order valence-corrected chi connectivity index (χ3v) is 2.54. The molecule has 2 rings (SSSR count). The Bertz CT molecular complexity index is 409. The smallest absolute Gasteiger partial charge is 0.234 e. The molecule has 1 aliphatic heterocycles. The van der Waals surface area contributed by atoms with E-state index in [1.165, 1.54) is 12.1 Å². The Labute approximate surface area is 92.1 Å². The van der Waals surface area contributed by atoms with E-state index in [1.54, 1.807) is 4.90 Å². The van der Waals surface area contributed by atoms with Crippen molar-refractivity contribution >= 4 is 5.91 Å². The fraction of sp³-hybridized carbons (Fsp3) is 0.364. The minimum absolute atomic E-state index is 0.0805. The highest BCUT2D eigenvalue weighted by molar-refractivity contribution is 5.78. The molecule has 1 N–H and O–H groups in total. The standard InChI is InChI=1S/C11H12F2N2O/c12-9-3-1-2-8(11(9)13)6-15-5-4-14-10(16)7-15/h1-3H,4-7H2,(H,14,16). The predicted molar refractivity (Wildman–Crippen MR) is 54.6 cm³/mol. The van der Waals surface area contributed by atoms with Crippen molar-refractivity contribution in [1.29, 1.82) is 0 Å². The maximum atomic E-state index is 13.4. The Morgan fingerprint density at radius 2 is 2.19 bits per heavy atom. The molecule has 0 bridgehead atoms. The fourth-order valence-corrected chi connectivity index (χ4v) is 1.74. The number of carbonyl (C=O) groups excluding carboxylic acids is 1. The van der Waals surface area contributed by atoms with E-state index >= 15 is 0 Å². The zero-order valence-electron chi connectivity index (χ0n) is 8.67. The highest BCUT2D eigenvalue weighted by Crippen LogP contribution is 2.13. The van der Waals surface area contributed by atoms with Crippen LogP contribution in [0.25, 0.3) is 0 Å². The van der Waals surface area contributed by atoms with Crippen LogP contribution in [0.1, 0.15) is 5.56 Å². The quantitative estimate of drug-likeness (QED) is 0.812. The van der Waals surface area contributed by atoms with Gasteiger partial charge in [-0.2, -0.15) is 0 Å². The first-order valence-electron chi connectivity index (χ1n) is 5.09. The summed E-state index contributed by atoms with van der Waals surface area (Å²) in [5.74, 6) is -1.75. The molecule has 1 saturated heterocycles. The van der Waals surface area contributed by atoms with Gasteiger partial charge in [0.05, 0.1) is 6.54 Å². The molecule has 1 aromatic rings. The summed E-state index contributed by atoms with van der Waals surface area (Å²) in [6, 6.07) is 4.09. The predicted octanol–water partition coefficient (Wildman–Crippen LogP) is 0.897. The minimum atomic E-state index is -0.848. The van der Waals surface area contributed by atoms with Gasteiger partial charge in [-0.3, -0.25) is 9.69 Å². The molecule has 1 heterocycles. The van der Waals surface area contributed by atoms with Gasteiger partial charge in [-0.25, -0.2) is 8.78 Å². The summed E-state index contributed by atoms with van der Waals surface area (Å²) in [6.07, 6.45) is 0. The van der Waals surface area contributed by atoms with Gasteiger partial charge in [-0.05, 0) is 6.07 Å². The SMILES string of the molecule is O=C1CN(Cc2cccc(F)c2F)CCN1. The molecule has 0 aliphatic carbocycles. The molecular formula is C11H12F2N2O. The first kappa shape index (κ1) is 11.0. The molecule has 3 nitrogen and oxygen atoms in total. The number of halogens is 2. The van der Waals surface area contributed by atoms with Gasteiger partial charge in [0.2, 0.25) is 5.91 Å². The molecular weight excluding hydrogens is 214 g/mol. The van der Waals surface area contributed by atoms with Crippen molar-refractivity contribution in [3.05, 3.63) is 35.4 Å². The van der Waals surface area contributed by atoms with E-state index in [4.69, 9.17) is 0 Å². The maximum Gasteiger partial charge on any atom is 0.234 e. The molecule has 5 heteroatoms. The number of rotatable bonds is 2. The summed E-state index contributed by atoms with van der Waals surface area (Å²) in [7, 11) is 0. The number of nitrogens with zero attached hydrogens (tertiary/aromatic N) is 1. The zero-order chi connectivity index (χ0) is 11.5. The van der Waals surface area contributed by atoms with Crippen LogP contribution >= 0.6 is 0 Å². The van der Waals surface area contributed by atoms with Gasteiger partial charge < -0.3 is 5.32 Å². The van der Waals surface area contributed by atoms with E-state index in [-0.39, 0.29) is 24.6 Å². The normalized spacial score (nSPS) is 17.2. The Hall–Kier alpha value is -1.49. The van der Waals surface area contributed by atoms with Crippen LogP contribution in [0.15, 0.2) is 18.2 Å². The highest BCUT2D eigenvalue weighted by Gasteiger charge is 2.18. The topological polar surface area (TPSA) is 32.3 Å². The summed E-state index contributed by atoms with van der Waals surface area (Å²) in [5.41, 5.74) is 0.287. The van der Waals surface area contributed by atoms with Gasteiger partial charge in [-0.1, -0.05) is 12.1 Å². The molecule has 0 radical (unpaired) electrons. The Kier molecular flexibility index (Phi) is 3.14. The van der Waals surface area contributed by atoms with E-state index in [0.717, 1.165) is 6.07 Å². The van der Waals surface area contributed by atoms with Crippen molar-refractivity contribution in [2.75, 3.05) is 19.6 Å². The van der Waals surface area contributed by atoms with Crippen LogP contribution < -0.4 is 5.32 Å². The number of benzene rings is 1. The van der Waals surface area contributed by atoms with Gasteiger partial charge in [0, 0.05) is 25.2 Å². The van der Waals surface area contributed by atoms with Crippen LogP contribution in [-0.4, -0.2) is 30.4 Å². The van der Waals surface area contributed by atoms with Crippen molar-refractivity contribution in [2.45, 2.75) is 6.54 Å². The Balaban J connectivity index is 2.08. The first-order chi connectivity index (χ1) is 7.66. The average Bonchev–Trinajstić information content (AvgIpc) is 2.25. The van der Waals surface area contributed by atoms with Crippen molar-refractivity contribution in [2.24, 2.45) is 0 Å². The van der Waals surface area contributed by atoms with E-state index in [0.29, 0.717) is 13.1 Å². The lowest BCUT2D eigenvalue weighted by Crippen LogP contribution is -2.47. The second-order valence-corrected chi connectivity index (χ2v) is 3.77. The van der Waals surface area contributed by atoms with Gasteiger partial charge in [-0.15, -0.1) is 0 Å². The lowest BCUT2D eigenvalue weighted by Gasteiger charge is -2.26. The minimum Gasteiger partial charge on any atom is -0.354 e. The number of nitrogens with one attached hydrogen (secondary N) is 1. The second-order valence-electron chi connectivity index (χ2n) is 3.77. The van der Waals surface area contributed by atoms with Crippen molar-refractivity contribution in [3.8, 4) is 0 Å². The molecule has 1 aliphatic rings. The number of piperazine rings is 1. The van der Waals surface area contributed by atoms with Gasteiger partial charge >= 0.3 is 0 Å². The average molecular weight is 226 g/mol. The van der Waals surface area contributed by atoms with Crippen molar-refractivity contribution < 1.29 is 13.6 Å². The second kappa shape index (κ2) is 4.57. The first-order valence-corrected chi connectivity index (χ1v) is 5.09. The molecule has 1 aromatic carbocycles. The van der Waals surface area contributed by atoms with E-state index < -0.39 is 11.6 Å². The maximum absolute atomic E-state index is 13.4. The summed E-state index contributed by atoms with van der Waals surface area (Å²) < 4.78 is 26.3. The van der Waals surface area contributed by atoms with Gasteiger partial charge in [0.15, 0.2) is 11.6 Å². The summed E-state index contributed by atoms with van der Waals surface area (Å²) in [5, 5.41) is 2.68. The van der Waals surface area contributed by atoms with Gasteiger partial charge in [0.25, 0.3) is 0 Å². The van der Waals surface area contributed by atoms with E-state index in [1.807, 2.05) is 0 Å². The molecule has 0 unspecified atom stereocenters. The largest absolute Gasteiger partial charge is 0.354 e. The van der Waals surface area contributed by atoms with E-state index in [2.05, 4.69) is 5.32 Å². The fourth-order valence-electron chi connectivity index (χ4n) is 1.74. The number of hydrogen-bond acceptors (Lipinski definition) is 2. The Morgan fingerprint density at radius 3 is 2.94 bits per heavy atom. The number of amides is 1. The molecule has 0 saturated carbocycles. The van der Waals surface area contributed by atoms with Crippen LogP contribution in [0.4, 0.5) is 8.78 Å². The molecule has 0 spiro atoms. The molecule has 1 amide bonds. The van der Waals surface area contributed by atoms with Crippen LogP contribution in [0, 0.1) is 11.6 Å². The van der Waals surface area contributed by atoms with Crippen molar-refractivity contribution in [3.63, 3.8) is 0 Å². The zero-order valence-corrected chi connectivity index (χ0v) is 8.67. The molecule has 86 valence electrons. The molecule has 16 heavy (non-hydrogen) atoms. The molecule has 0 atom stereocenters. The Morgan fingerprint density at radius 1 is 1.38 bits per heavy atom. The van der Waals surface area contributed by atoms with Crippen LogP contribution in [-0.2, 0) is 11.3 Å². The number of hydrogen-bond donors (Lipinski definition) is 1. The summed E-state index contributed by atoms with van der Waals surface area (Å²) >= 11 is 0. The van der Waals surface area contributed by atoms with E-state index in [9.17, 15) is 13.6 Å². The lowest BCUT2D eigenvalue weighted by molar-refractivity contribution is -0.124. The van der Waals surface area contributed by atoms with Crippen LogP contribution in [0.5, 0.6) is 0 Å².